The van der Waals surface area contributed by atoms with E-state index in [0.29, 0.717) is 18.9 Å². The molecule has 1 aromatic carbocycles. The fourth-order valence-electron chi connectivity index (χ4n) is 3.57. The van der Waals surface area contributed by atoms with E-state index in [4.69, 9.17) is 0 Å². The first kappa shape index (κ1) is 19.0. The lowest BCUT2D eigenvalue weighted by Crippen LogP contribution is -2.52. The monoisotopic (exact) mass is 360 g/mol. The second-order valence-electron chi connectivity index (χ2n) is 7.44. The molecule has 0 bridgehead atoms. The maximum atomic E-state index is 14.0. The molecule has 5 nitrogen and oxygen atoms in total. The molecule has 2 heterocycles. The van der Waals surface area contributed by atoms with Gasteiger partial charge in [0, 0.05) is 56.6 Å². The van der Waals surface area contributed by atoms with Crippen molar-refractivity contribution in [2.75, 3.05) is 26.2 Å². The summed E-state index contributed by atoms with van der Waals surface area (Å²) >= 11 is 0. The van der Waals surface area contributed by atoms with E-state index in [2.05, 4.69) is 39.9 Å². The Morgan fingerprint density at radius 1 is 1.27 bits per heavy atom. The third-order valence-corrected chi connectivity index (χ3v) is 5.12. The number of nitrogens with zero attached hydrogens (tertiary/aromatic N) is 3. The third-order valence-electron chi connectivity index (χ3n) is 5.12. The average Bonchev–Trinajstić information content (AvgIpc) is 3.08. The number of aromatic amines is 1. The van der Waals surface area contributed by atoms with Gasteiger partial charge in [-0.05, 0) is 24.5 Å². The summed E-state index contributed by atoms with van der Waals surface area (Å²) in [6.45, 7) is 8.49. The number of hydrogen-bond donors (Lipinski definition) is 2. The standard InChI is InChI=1S/C20H29FN4O/c1-15(2)20-11-17(22-23-20)13-24-8-9-25(18(14-24)7-10-26)12-16-5-3-4-6-19(16)21/h3-6,11,15,18,26H,7-10,12-14H2,1-2H3,(H,22,23). The second-order valence-corrected chi connectivity index (χ2v) is 7.44. The average molecular weight is 360 g/mol. The number of aliphatic hydroxyl groups excluding tert-OH is 1. The number of benzene rings is 1. The summed E-state index contributed by atoms with van der Waals surface area (Å²) in [5, 5.41) is 17.0. The van der Waals surface area contributed by atoms with Crippen LogP contribution in [0.25, 0.3) is 0 Å². The zero-order chi connectivity index (χ0) is 18.5. The highest BCUT2D eigenvalue weighted by atomic mass is 19.1. The minimum atomic E-state index is -0.156. The predicted molar refractivity (Wildman–Crippen MR) is 100 cm³/mol. The molecule has 1 saturated heterocycles. The van der Waals surface area contributed by atoms with Crippen molar-refractivity contribution in [1.29, 1.82) is 0 Å². The number of H-pyrrole nitrogens is 1. The molecule has 142 valence electrons. The van der Waals surface area contributed by atoms with E-state index in [1.807, 2.05) is 12.1 Å². The fourth-order valence-corrected chi connectivity index (χ4v) is 3.57. The number of rotatable bonds is 7. The molecule has 1 unspecified atom stereocenters. The maximum Gasteiger partial charge on any atom is 0.127 e. The third kappa shape index (κ3) is 4.69. The zero-order valence-electron chi connectivity index (χ0n) is 15.7. The first-order chi connectivity index (χ1) is 12.6. The lowest BCUT2D eigenvalue weighted by molar-refractivity contribution is 0.0487. The Hall–Kier alpha value is -1.76. The Bertz CT molecular complexity index is 703. The highest BCUT2D eigenvalue weighted by Gasteiger charge is 2.27. The largest absolute Gasteiger partial charge is 0.396 e. The normalized spacial score (nSPS) is 19.3. The zero-order valence-corrected chi connectivity index (χ0v) is 15.7. The second kappa shape index (κ2) is 8.75. The van der Waals surface area contributed by atoms with Gasteiger partial charge in [-0.1, -0.05) is 32.0 Å². The number of nitrogens with one attached hydrogen (secondary N) is 1. The number of hydrogen-bond acceptors (Lipinski definition) is 4. The van der Waals surface area contributed by atoms with Crippen LogP contribution < -0.4 is 0 Å². The van der Waals surface area contributed by atoms with Crippen molar-refractivity contribution < 1.29 is 9.50 Å². The topological polar surface area (TPSA) is 55.4 Å². The van der Waals surface area contributed by atoms with E-state index < -0.39 is 0 Å². The molecule has 1 aliphatic rings. The fraction of sp³-hybridized carbons (Fsp3) is 0.550. The highest BCUT2D eigenvalue weighted by molar-refractivity contribution is 5.17. The smallest absolute Gasteiger partial charge is 0.127 e. The summed E-state index contributed by atoms with van der Waals surface area (Å²) < 4.78 is 14.0. The molecule has 1 aromatic heterocycles. The van der Waals surface area contributed by atoms with Gasteiger partial charge in [-0.3, -0.25) is 14.9 Å². The Morgan fingerprint density at radius 2 is 2.08 bits per heavy atom. The summed E-state index contributed by atoms with van der Waals surface area (Å²) in [5.41, 5.74) is 2.93. The van der Waals surface area contributed by atoms with Gasteiger partial charge in [-0.15, -0.1) is 0 Å². The number of halogens is 1. The minimum absolute atomic E-state index is 0.147. The molecule has 0 saturated carbocycles. The first-order valence-corrected chi connectivity index (χ1v) is 9.41. The van der Waals surface area contributed by atoms with E-state index in [-0.39, 0.29) is 18.5 Å². The van der Waals surface area contributed by atoms with Gasteiger partial charge in [0.05, 0.1) is 5.69 Å². The molecule has 2 aromatic rings. The van der Waals surface area contributed by atoms with E-state index in [1.165, 1.54) is 6.07 Å². The van der Waals surface area contributed by atoms with Crippen LogP contribution in [0.1, 0.15) is 43.1 Å². The van der Waals surface area contributed by atoms with Crippen LogP contribution in [0.5, 0.6) is 0 Å². The van der Waals surface area contributed by atoms with Gasteiger partial charge in [0.1, 0.15) is 5.82 Å². The van der Waals surface area contributed by atoms with Gasteiger partial charge in [0.15, 0.2) is 0 Å². The Morgan fingerprint density at radius 3 is 2.77 bits per heavy atom. The van der Waals surface area contributed by atoms with Gasteiger partial charge < -0.3 is 5.11 Å². The van der Waals surface area contributed by atoms with Crippen LogP contribution in [0.3, 0.4) is 0 Å². The molecule has 0 spiro atoms. The van der Waals surface area contributed by atoms with Crippen molar-refractivity contribution >= 4 is 0 Å². The van der Waals surface area contributed by atoms with Crippen molar-refractivity contribution in [3.05, 3.63) is 53.1 Å². The number of aliphatic hydroxyl groups is 1. The lowest BCUT2D eigenvalue weighted by atomic mass is 10.1. The van der Waals surface area contributed by atoms with Crippen molar-refractivity contribution in [2.45, 2.75) is 45.3 Å². The summed E-state index contributed by atoms with van der Waals surface area (Å²) in [5.74, 6) is 0.260. The van der Waals surface area contributed by atoms with E-state index in [1.54, 1.807) is 6.07 Å². The number of piperazine rings is 1. The summed E-state index contributed by atoms with van der Waals surface area (Å²) in [6.07, 6.45) is 0.700. The Balaban J connectivity index is 1.62. The van der Waals surface area contributed by atoms with Gasteiger partial charge in [-0.25, -0.2) is 4.39 Å². The summed E-state index contributed by atoms with van der Waals surface area (Å²) in [6, 6.07) is 9.31. The van der Waals surface area contributed by atoms with Gasteiger partial charge in [0.2, 0.25) is 0 Å². The molecule has 1 atom stereocenters. The van der Waals surface area contributed by atoms with Crippen LogP contribution in [-0.2, 0) is 13.1 Å². The van der Waals surface area contributed by atoms with E-state index >= 15 is 0 Å². The van der Waals surface area contributed by atoms with Crippen LogP contribution in [0, 0.1) is 5.82 Å². The Labute approximate surface area is 154 Å². The Kier molecular flexibility index (Phi) is 6.40. The van der Waals surface area contributed by atoms with E-state index in [9.17, 15) is 9.50 Å². The molecule has 0 amide bonds. The summed E-state index contributed by atoms with van der Waals surface area (Å²) in [7, 11) is 0. The van der Waals surface area contributed by atoms with Crippen LogP contribution in [-0.4, -0.2) is 57.4 Å². The molecular formula is C20H29FN4O. The molecule has 6 heteroatoms. The maximum absolute atomic E-state index is 14.0. The van der Waals surface area contributed by atoms with Gasteiger partial charge >= 0.3 is 0 Å². The molecule has 0 radical (unpaired) electrons. The van der Waals surface area contributed by atoms with Crippen molar-refractivity contribution in [2.24, 2.45) is 0 Å². The molecule has 0 aliphatic carbocycles. The lowest BCUT2D eigenvalue weighted by Gasteiger charge is -2.41. The van der Waals surface area contributed by atoms with Crippen molar-refractivity contribution in [3.8, 4) is 0 Å². The SMILES string of the molecule is CC(C)c1cc(CN2CCN(Cc3ccccc3F)C(CCO)C2)[nH]n1. The molecule has 2 N–H and O–H groups in total. The molecule has 1 fully saturated rings. The van der Waals surface area contributed by atoms with Crippen LogP contribution in [0.4, 0.5) is 4.39 Å². The summed E-state index contributed by atoms with van der Waals surface area (Å²) in [4.78, 5) is 4.67. The molecule has 1 aliphatic heterocycles. The number of aromatic nitrogens is 2. The first-order valence-electron chi connectivity index (χ1n) is 9.41. The molecular weight excluding hydrogens is 331 g/mol. The molecule has 3 rings (SSSR count). The quantitative estimate of drug-likeness (QED) is 0.797. The van der Waals surface area contributed by atoms with E-state index in [0.717, 1.165) is 43.1 Å². The van der Waals surface area contributed by atoms with Crippen LogP contribution in [0.2, 0.25) is 0 Å². The van der Waals surface area contributed by atoms with Crippen LogP contribution >= 0.6 is 0 Å². The molecule has 26 heavy (non-hydrogen) atoms. The predicted octanol–water partition coefficient (Wildman–Crippen LogP) is 2.74. The van der Waals surface area contributed by atoms with Gasteiger partial charge in [-0.2, -0.15) is 5.10 Å². The van der Waals surface area contributed by atoms with Crippen molar-refractivity contribution in [3.63, 3.8) is 0 Å². The van der Waals surface area contributed by atoms with Gasteiger partial charge in [0.25, 0.3) is 0 Å². The van der Waals surface area contributed by atoms with Crippen LogP contribution in [0.15, 0.2) is 30.3 Å². The van der Waals surface area contributed by atoms with Crippen molar-refractivity contribution in [1.82, 2.24) is 20.0 Å². The minimum Gasteiger partial charge on any atom is -0.396 e. The highest BCUT2D eigenvalue weighted by Crippen LogP contribution is 2.20.